The van der Waals surface area contributed by atoms with Crippen LogP contribution in [0.4, 0.5) is 5.69 Å². The minimum atomic E-state index is -0.300. The Bertz CT molecular complexity index is 823. The topological polar surface area (TPSA) is 91.8 Å². The number of rotatable bonds is 7. The van der Waals surface area contributed by atoms with Gasteiger partial charge in [0.2, 0.25) is 0 Å². The summed E-state index contributed by atoms with van der Waals surface area (Å²) in [7, 11) is 0. The van der Waals surface area contributed by atoms with Crippen molar-refractivity contribution in [1.29, 1.82) is 0 Å². The van der Waals surface area contributed by atoms with Crippen molar-refractivity contribution in [2.45, 2.75) is 20.3 Å². The molecule has 0 radical (unpaired) electrons. The molecule has 1 N–H and O–H groups in total. The van der Waals surface area contributed by atoms with E-state index in [9.17, 15) is 4.79 Å². The molecular weight excluding hydrogens is 378 g/mol. The Labute approximate surface area is 146 Å². The fraction of sp³-hybridized carbons (Fsp3) is 0.286. The van der Waals surface area contributed by atoms with Crippen LogP contribution in [0.2, 0.25) is 0 Å². The summed E-state index contributed by atoms with van der Waals surface area (Å²) in [6.07, 6.45) is 8.51. The van der Waals surface area contributed by atoms with Crippen LogP contribution in [0.15, 0.2) is 41.5 Å². The number of ether oxygens (including phenoxy) is 1. The van der Waals surface area contributed by atoms with Crippen molar-refractivity contribution < 1.29 is 9.53 Å². The normalized spacial score (nSPS) is 10.9. The molecule has 0 saturated carbocycles. The number of aromatic nitrogens is 6. The van der Waals surface area contributed by atoms with Gasteiger partial charge < -0.3 is 10.1 Å². The molecule has 0 aliphatic heterocycles. The molecule has 0 bridgehead atoms. The first-order valence-corrected chi connectivity index (χ1v) is 8.06. The van der Waals surface area contributed by atoms with E-state index in [0.717, 1.165) is 4.47 Å². The van der Waals surface area contributed by atoms with Crippen LogP contribution in [-0.4, -0.2) is 41.9 Å². The second-order valence-electron chi connectivity index (χ2n) is 4.92. The largest absolute Gasteiger partial charge is 0.360 e. The summed E-state index contributed by atoms with van der Waals surface area (Å²) in [6, 6.07) is 1.65. The zero-order valence-electron chi connectivity index (χ0n) is 13.0. The molecular formula is C14H16BrN7O2. The fourth-order valence-electron chi connectivity index (χ4n) is 2.00. The van der Waals surface area contributed by atoms with E-state index in [1.165, 1.54) is 0 Å². The Kier molecular flexibility index (Phi) is 5.06. The van der Waals surface area contributed by atoms with Crippen LogP contribution in [0.3, 0.4) is 0 Å². The van der Waals surface area contributed by atoms with E-state index < -0.39 is 0 Å². The summed E-state index contributed by atoms with van der Waals surface area (Å²) in [5.74, 6) is -0.300. The van der Waals surface area contributed by atoms with Crippen LogP contribution >= 0.6 is 15.9 Å². The van der Waals surface area contributed by atoms with Gasteiger partial charge in [0.05, 0.1) is 28.8 Å². The molecule has 0 spiro atoms. The van der Waals surface area contributed by atoms with E-state index in [-0.39, 0.29) is 5.91 Å². The fourth-order valence-corrected chi connectivity index (χ4v) is 2.33. The number of nitrogens with one attached hydrogen (secondary N) is 1. The number of hydrogen-bond acceptors (Lipinski definition) is 5. The number of anilines is 1. The number of nitrogens with zero attached hydrogens (tertiary/aromatic N) is 6. The lowest BCUT2D eigenvalue weighted by Crippen LogP contribution is -2.14. The van der Waals surface area contributed by atoms with Gasteiger partial charge in [-0.1, -0.05) is 0 Å². The molecule has 3 rings (SSSR count). The molecule has 0 aliphatic carbocycles. The predicted molar refractivity (Wildman–Crippen MR) is 89.4 cm³/mol. The molecule has 0 saturated heterocycles. The van der Waals surface area contributed by atoms with E-state index in [1.54, 1.807) is 44.9 Å². The van der Waals surface area contributed by atoms with Crippen molar-refractivity contribution >= 4 is 27.5 Å². The highest BCUT2D eigenvalue weighted by Crippen LogP contribution is 2.09. The standard InChI is InChI=1S/C14H16BrN7O2/c1-2-24-10-22-8-12(6-17-22)18-14(23)13-3-4-20(19-13)9-21-7-11(15)5-16-21/h3-8H,2,9-10H2,1H3,(H,18,23). The lowest BCUT2D eigenvalue weighted by atomic mass is 10.4. The van der Waals surface area contributed by atoms with Crippen LogP contribution in [0.25, 0.3) is 0 Å². The van der Waals surface area contributed by atoms with Gasteiger partial charge in [-0.3, -0.25) is 9.48 Å². The van der Waals surface area contributed by atoms with Gasteiger partial charge in [-0.15, -0.1) is 0 Å². The van der Waals surface area contributed by atoms with E-state index in [0.29, 0.717) is 31.4 Å². The lowest BCUT2D eigenvalue weighted by molar-refractivity contribution is 0.0792. The lowest BCUT2D eigenvalue weighted by Gasteiger charge is -2.02. The highest BCUT2D eigenvalue weighted by molar-refractivity contribution is 9.10. The van der Waals surface area contributed by atoms with Crippen molar-refractivity contribution in [1.82, 2.24) is 29.3 Å². The second-order valence-corrected chi connectivity index (χ2v) is 5.84. The highest BCUT2D eigenvalue weighted by atomic mass is 79.9. The number of carbonyl (C=O) groups is 1. The van der Waals surface area contributed by atoms with Crippen LogP contribution < -0.4 is 5.32 Å². The summed E-state index contributed by atoms with van der Waals surface area (Å²) in [4.78, 5) is 12.2. The minimum Gasteiger partial charge on any atom is -0.360 e. The molecule has 0 unspecified atom stereocenters. The maximum atomic E-state index is 12.2. The van der Waals surface area contributed by atoms with Gasteiger partial charge in [0.25, 0.3) is 5.91 Å². The molecule has 0 aliphatic rings. The van der Waals surface area contributed by atoms with Crippen molar-refractivity contribution in [3.63, 3.8) is 0 Å². The molecule has 1 amide bonds. The Morgan fingerprint density at radius 3 is 2.83 bits per heavy atom. The zero-order chi connectivity index (χ0) is 16.9. The third kappa shape index (κ3) is 4.09. The molecule has 126 valence electrons. The Balaban J connectivity index is 1.60. The first-order chi connectivity index (χ1) is 11.6. The molecule has 3 aromatic rings. The average Bonchev–Trinajstić information content (AvgIpc) is 3.28. The van der Waals surface area contributed by atoms with Crippen molar-refractivity contribution in [3.8, 4) is 0 Å². The van der Waals surface area contributed by atoms with Crippen LogP contribution in [0.1, 0.15) is 17.4 Å². The van der Waals surface area contributed by atoms with E-state index in [1.807, 2.05) is 13.1 Å². The van der Waals surface area contributed by atoms with Crippen LogP contribution in [-0.2, 0) is 18.1 Å². The van der Waals surface area contributed by atoms with E-state index >= 15 is 0 Å². The van der Waals surface area contributed by atoms with Gasteiger partial charge in [-0.25, -0.2) is 9.36 Å². The molecule has 0 fully saturated rings. The molecule has 10 heteroatoms. The van der Waals surface area contributed by atoms with E-state index in [4.69, 9.17) is 4.74 Å². The number of amides is 1. The van der Waals surface area contributed by atoms with Crippen LogP contribution in [0.5, 0.6) is 0 Å². The first-order valence-electron chi connectivity index (χ1n) is 7.27. The third-order valence-corrected chi connectivity index (χ3v) is 3.49. The Morgan fingerprint density at radius 1 is 1.25 bits per heavy atom. The van der Waals surface area contributed by atoms with Gasteiger partial charge >= 0.3 is 0 Å². The van der Waals surface area contributed by atoms with Gasteiger partial charge in [0, 0.05) is 19.0 Å². The summed E-state index contributed by atoms with van der Waals surface area (Å²) < 4.78 is 11.1. The average molecular weight is 394 g/mol. The smallest absolute Gasteiger partial charge is 0.276 e. The maximum Gasteiger partial charge on any atom is 0.276 e. The molecule has 9 nitrogen and oxygen atoms in total. The number of hydrogen-bond donors (Lipinski definition) is 1. The first kappa shape index (κ1) is 16.4. The number of halogens is 1. The Morgan fingerprint density at radius 2 is 2.08 bits per heavy atom. The minimum absolute atomic E-state index is 0.300. The van der Waals surface area contributed by atoms with Gasteiger partial charge in [0.1, 0.15) is 13.4 Å². The summed E-state index contributed by atoms with van der Waals surface area (Å²) in [5.41, 5.74) is 0.907. The van der Waals surface area contributed by atoms with Gasteiger partial charge in [-0.2, -0.15) is 15.3 Å². The monoisotopic (exact) mass is 393 g/mol. The Hall–Kier alpha value is -2.46. The molecule has 0 atom stereocenters. The summed E-state index contributed by atoms with van der Waals surface area (Å²) in [5, 5.41) is 15.2. The van der Waals surface area contributed by atoms with Gasteiger partial charge in [0.15, 0.2) is 5.69 Å². The predicted octanol–water partition coefficient (Wildman–Crippen LogP) is 1.79. The van der Waals surface area contributed by atoms with Crippen molar-refractivity contribution in [3.05, 3.63) is 47.2 Å². The quantitative estimate of drug-likeness (QED) is 0.660. The van der Waals surface area contributed by atoms with Gasteiger partial charge in [-0.05, 0) is 28.9 Å². The zero-order valence-corrected chi connectivity index (χ0v) is 14.5. The molecule has 3 aromatic heterocycles. The molecule has 3 heterocycles. The summed E-state index contributed by atoms with van der Waals surface area (Å²) in [6.45, 7) is 3.28. The molecule has 0 aromatic carbocycles. The maximum absolute atomic E-state index is 12.2. The van der Waals surface area contributed by atoms with E-state index in [2.05, 4.69) is 36.5 Å². The SMILES string of the molecule is CCOCn1cc(NC(=O)c2ccn(Cn3cc(Br)cn3)n2)cn1. The second kappa shape index (κ2) is 7.41. The summed E-state index contributed by atoms with van der Waals surface area (Å²) >= 11 is 3.33. The van der Waals surface area contributed by atoms with Crippen LogP contribution in [0, 0.1) is 0 Å². The number of carbonyl (C=O) groups excluding carboxylic acids is 1. The third-order valence-electron chi connectivity index (χ3n) is 3.08. The highest BCUT2D eigenvalue weighted by Gasteiger charge is 2.11. The van der Waals surface area contributed by atoms with Crippen molar-refractivity contribution in [2.24, 2.45) is 0 Å². The van der Waals surface area contributed by atoms with Crippen molar-refractivity contribution in [2.75, 3.05) is 11.9 Å². The molecule has 24 heavy (non-hydrogen) atoms.